The van der Waals surface area contributed by atoms with Crippen molar-refractivity contribution in [2.45, 2.75) is 66.3 Å². The van der Waals surface area contributed by atoms with Gasteiger partial charge in [-0.25, -0.2) is 0 Å². The van der Waals surface area contributed by atoms with Gasteiger partial charge >= 0.3 is 129 Å². The van der Waals surface area contributed by atoms with Gasteiger partial charge in [-0.2, -0.15) is 0 Å². The van der Waals surface area contributed by atoms with Crippen molar-refractivity contribution in [3.63, 3.8) is 0 Å². The third-order valence-corrected chi connectivity index (χ3v) is 32.7. The molecule has 1 aliphatic rings. The molecule has 0 unspecified atom stereocenters. The van der Waals surface area contributed by atoms with Crippen LogP contribution in [0.4, 0.5) is 3.50 Å². The molecule has 0 heterocycles. The van der Waals surface area contributed by atoms with Gasteiger partial charge < -0.3 is 0 Å². The summed E-state index contributed by atoms with van der Waals surface area (Å²) in [6.07, 6.45) is 6.36. The van der Waals surface area contributed by atoms with E-state index in [4.69, 9.17) is 8.44 Å². The molecule has 3 nitrogen and oxygen atoms in total. The van der Waals surface area contributed by atoms with Gasteiger partial charge in [-0.05, 0) is 0 Å². The summed E-state index contributed by atoms with van der Waals surface area (Å²) < 4.78 is 34.2. The molecule has 0 aromatic heterocycles. The van der Waals surface area contributed by atoms with Crippen molar-refractivity contribution in [3.05, 3.63) is 21.5 Å². The molecule has 0 aromatic carbocycles. The molecule has 0 aromatic rings. The SMILES string of the molecule is CC(C)[O][Zr]([O]C(C)C)([O]C(C)C)([GeH2][F])[C]1=CC=CC1. The van der Waals surface area contributed by atoms with Crippen LogP contribution in [0.1, 0.15) is 48.0 Å². The van der Waals surface area contributed by atoms with Crippen LogP contribution in [0.25, 0.3) is 0 Å². The molecule has 0 aliphatic heterocycles. The first-order valence-electron chi connectivity index (χ1n) is 7.37. The van der Waals surface area contributed by atoms with Gasteiger partial charge in [-0.3, -0.25) is 0 Å². The first-order valence-corrected chi connectivity index (χ1v) is 23.2. The second kappa shape index (κ2) is 7.32. The van der Waals surface area contributed by atoms with Crippen LogP contribution >= 0.6 is 0 Å². The molecule has 0 atom stereocenters. The Hall–Kier alpha value is 0.716. The van der Waals surface area contributed by atoms with Gasteiger partial charge in [0.05, 0.1) is 0 Å². The molecule has 6 heteroatoms. The van der Waals surface area contributed by atoms with Crippen molar-refractivity contribution in [2.24, 2.45) is 0 Å². The molecule has 0 amide bonds. The van der Waals surface area contributed by atoms with E-state index in [1.54, 1.807) is 0 Å². The van der Waals surface area contributed by atoms with Crippen LogP contribution in [0, 0.1) is 0 Å². The van der Waals surface area contributed by atoms with Crippen LogP contribution < -0.4 is 0 Å². The molecule has 20 heavy (non-hydrogen) atoms. The van der Waals surface area contributed by atoms with E-state index in [-0.39, 0.29) is 18.3 Å². The molecule has 1 rings (SSSR count). The summed E-state index contributed by atoms with van der Waals surface area (Å²) >= 11 is -7.44. The summed E-state index contributed by atoms with van der Waals surface area (Å²) in [6, 6.07) is 0. The quantitative estimate of drug-likeness (QED) is 0.556. The molecule has 1 aliphatic carbocycles. The van der Waals surface area contributed by atoms with E-state index < -0.39 is 29.7 Å². The molecule has 0 N–H and O–H groups in total. The Bertz CT molecular complexity index is 365. The van der Waals surface area contributed by atoms with Crippen LogP contribution in [0.2, 0.25) is 0 Å². The van der Waals surface area contributed by atoms with Gasteiger partial charge in [-0.1, -0.05) is 0 Å². The summed E-state index contributed by atoms with van der Waals surface area (Å²) in [5.74, 6) is 0. The van der Waals surface area contributed by atoms with E-state index in [0.717, 1.165) is 3.28 Å². The Morgan fingerprint density at radius 1 is 1.00 bits per heavy atom. The standard InChI is InChI=1S/C5H5.3C3H7O.FGeH2.Zr/c1-2-4-5-3-1;3*1-3(2)4;1-2;/h1-3H,4H2;3*3H,1-2H3;2H2;/q;3*-1;;+3. The van der Waals surface area contributed by atoms with Crippen LogP contribution in [-0.2, 0) is 26.0 Å². The summed E-state index contributed by atoms with van der Waals surface area (Å²) in [7, 11) is 0. The third kappa shape index (κ3) is 4.13. The monoisotopic (exact) mass is 427 g/mol. The van der Waals surface area contributed by atoms with Gasteiger partial charge in [0, 0.05) is 0 Å². The van der Waals surface area contributed by atoms with Crippen molar-refractivity contribution in [1.29, 1.82) is 0 Å². The first-order chi connectivity index (χ1) is 9.24. The van der Waals surface area contributed by atoms with Gasteiger partial charge in [0.15, 0.2) is 0 Å². The summed E-state index contributed by atoms with van der Waals surface area (Å²) in [5, 5.41) is 0. The Labute approximate surface area is 129 Å². The Balaban J connectivity index is 3.36. The molecular weight excluding hydrogens is 399 g/mol. The fraction of sp³-hybridized carbons (Fsp3) is 0.714. The maximum atomic E-state index is 14.5. The second-order valence-electron chi connectivity index (χ2n) is 6.12. The molecule has 0 spiro atoms. The van der Waals surface area contributed by atoms with E-state index in [9.17, 15) is 3.50 Å². The summed E-state index contributed by atoms with van der Waals surface area (Å²) in [5.41, 5.74) is 0. The van der Waals surface area contributed by atoms with Crippen LogP contribution in [0.5, 0.6) is 0 Å². The molecule has 0 bridgehead atoms. The zero-order valence-corrected chi connectivity index (χ0v) is 18.9. The average Bonchev–Trinajstić information content (AvgIpc) is 2.80. The van der Waals surface area contributed by atoms with Crippen molar-refractivity contribution in [1.82, 2.24) is 0 Å². The van der Waals surface area contributed by atoms with E-state index >= 15 is 0 Å². The molecule has 0 saturated carbocycles. The molecule has 0 saturated heterocycles. The van der Waals surface area contributed by atoms with Gasteiger partial charge in [-0.15, -0.1) is 0 Å². The average molecular weight is 427 g/mol. The zero-order valence-electron chi connectivity index (χ0n) is 13.5. The Morgan fingerprint density at radius 2 is 1.45 bits per heavy atom. The van der Waals surface area contributed by atoms with E-state index in [1.807, 2.05) is 59.8 Å². The molecule has 117 valence electrons. The normalized spacial score (nSPS) is 18.5. The van der Waals surface area contributed by atoms with Crippen molar-refractivity contribution < 1.29 is 29.5 Å². The van der Waals surface area contributed by atoms with Crippen LogP contribution in [0.15, 0.2) is 21.5 Å². The number of allylic oxidation sites excluding steroid dienone is 4. The van der Waals surface area contributed by atoms with Crippen LogP contribution in [0.3, 0.4) is 0 Å². The van der Waals surface area contributed by atoms with E-state index in [1.165, 1.54) is 0 Å². The summed E-state index contributed by atoms with van der Waals surface area (Å²) in [6.45, 7) is 11.6. The van der Waals surface area contributed by atoms with E-state index in [0.29, 0.717) is 6.42 Å². The predicted molar refractivity (Wildman–Crippen MR) is 80.2 cm³/mol. The second-order valence-corrected chi connectivity index (χ2v) is 34.3. The number of hydrogen-bond acceptors (Lipinski definition) is 3. The number of hydrogen-bond donors (Lipinski definition) is 0. The number of halogens is 1. The van der Waals surface area contributed by atoms with Crippen molar-refractivity contribution in [3.8, 4) is 0 Å². The van der Waals surface area contributed by atoms with Gasteiger partial charge in [0.25, 0.3) is 0 Å². The van der Waals surface area contributed by atoms with E-state index in [2.05, 4.69) is 0 Å². The number of rotatable bonds is 8. The minimum absolute atomic E-state index is 0.0963. The minimum atomic E-state index is -4.83. The Morgan fingerprint density at radius 3 is 1.70 bits per heavy atom. The molecule has 0 fully saturated rings. The molecular formula is C14H28FGeO3Zr. The van der Waals surface area contributed by atoms with Gasteiger partial charge in [0.2, 0.25) is 0 Å². The van der Waals surface area contributed by atoms with Gasteiger partial charge in [0.1, 0.15) is 0 Å². The van der Waals surface area contributed by atoms with Crippen LogP contribution in [-0.4, -0.2) is 30.4 Å². The van der Waals surface area contributed by atoms with Crippen molar-refractivity contribution >= 4 is 12.1 Å². The zero-order chi connectivity index (χ0) is 15.4. The van der Waals surface area contributed by atoms with Crippen molar-refractivity contribution in [2.75, 3.05) is 0 Å². The maximum absolute atomic E-state index is 14.5. The topological polar surface area (TPSA) is 27.7 Å². The first kappa shape index (κ1) is 18.8. The molecule has 0 radical (unpaired) electrons. The fourth-order valence-corrected chi connectivity index (χ4v) is 34.6. The third-order valence-electron chi connectivity index (χ3n) is 3.04. The predicted octanol–water partition coefficient (Wildman–Crippen LogP) is 3.51. The fourth-order valence-electron chi connectivity index (χ4n) is 2.73. The summed E-state index contributed by atoms with van der Waals surface area (Å²) in [4.78, 5) is 0. The Kier molecular flexibility index (Phi) is 6.87.